The van der Waals surface area contributed by atoms with Crippen molar-refractivity contribution in [3.8, 4) is 11.1 Å². The average molecular weight is 457 g/mol. The third-order valence-corrected chi connectivity index (χ3v) is 6.39. The van der Waals surface area contributed by atoms with Gasteiger partial charge in [0.15, 0.2) is 9.84 Å². The zero-order valence-electron chi connectivity index (χ0n) is 15.2. The molecule has 2 N–H and O–H groups in total. The Morgan fingerprint density at radius 1 is 1.07 bits per heavy atom. The predicted octanol–water partition coefficient (Wildman–Crippen LogP) is 4.65. The maximum atomic E-state index is 12.6. The molecule has 0 atom stereocenters. The normalized spacial score (nSPS) is 15.0. The summed E-state index contributed by atoms with van der Waals surface area (Å²) in [6, 6.07) is 14.9. The molecule has 2 aromatic carbocycles. The van der Waals surface area contributed by atoms with Crippen LogP contribution < -0.4 is 5.32 Å². The van der Waals surface area contributed by atoms with Crippen molar-refractivity contribution in [1.82, 2.24) is 4.98 Å². The highest BCUT2D eigenvalue weighted by atomic mass is 79.9. The number of H-pyrrole nitrogens is 1. The molecule has 4 rings (SSSR count). The first-order valence-corrected chi connectivity index (χ1v) is 11.2. The summed E-state index contributed by atoms with van der Waals surface area (Å²) in [7, 11) is -3.47. The molecule has 7 heteroatoms. The van der Waals surface area contributed by atoms with Crippen molar-refractivity contribution in [3.05, 3.63) is 70.0 Å². The van der Waals surface area contributed by atoms with E-state index in [1.54, 1.807) is 13.0 Å². The van der Waals surface area contributed by atoms with Crippen LogP contribution in [0.15, 0.2) is 57.9 Å². The highest BCUT2D eigenvalue weighted by Gasteiger charge is 2.27. The number of aromatic nitrogens is 1. The van der Waals surface area contributed by atoms with Crippen LogP contribution in [0, 0.1) is 6.92 Å². The van der Waals surface area contributed by atoms with Gasteiger partial charge in [0.25, 0.3) is 5.91 Å². The molecule has 0 radical (unpaired) electrons. The summed E-state index contributed by atoms with van der Waals surface area (Å²) in [6.07, 6.45) is 2.92. The fourth-order valence-corrected chi connectivity index (χ4v) is 5.11. The first kappa shape index (κ1) is 18.7. The van der Waals surface area contributed by atoms with Gasteiger partial charge < -0.3 is 10.3 Å². The number of amides is 1. The Bertz CT molecular complexity index is 1240. The van der Waals surface area contributed by atoms with E-state index in [-0.39, 0.29) is 10.8 Å². The Kier molecular flexibility index (Phi) is 4.51. The molecule has 142 valence electrons. The molecule has 0 aliphatic carbocycles. The smallest absolute Gasteiger partial charge is 0.256 e. The quantitative estimate of drug-likeness (QED) is 0.562. The number of rotatable bonds is 3. The van der Waals surface area contributed by atoms with Gasteiger partial charge in [0.1, 0.15) is 0 Å². The number of fused-ring (bicyclic) bond motifs is 1. The van der Waals surface area contributed by atoms with E-state index in [9.17, 15) is 13.2 Å². The number of sulfone groups is 1. The van der Waals surface area contributed by atoms with Gasteiger partial charge >= 0.3 is 0 Å². The van der Waals surface area contributed by atoms with Crippen LogP contribution in [0.3, 0.4) is 0 Å². The second-order valence-corrected chi connectivity index (χ2v) is 9.58. The second-order valence-electron chi connectivity index (χ2n) is 6.71. The molecule has 1 amide bonds. The molecule has 0 saturated carbocycles. The van der Waals surface area contributed by atoms with Crippen LogP contribution in [0.4, 0.5) is 5.69 Å². The van der Waals surface area contributed by atoms with E-state index in [1.165, 1.54) is 6.26 Å². The van der Waals surface area contributed by atoms with Gasteiger partial charge in [-0.2, -0.15) is 0 Å². The van der Waals surface area contributed by atoms with Crippen molar-refractivity contribution in [2.24, 2.45) is 0 Å². The Hall–Kier alpha value is -2.64. The van der Waals surface area contributed by atoms with Crippen LogP contribution in [-0.2, 0) is 14.6 Å². The van der Waals surface area contributed by atoms with E-state index in [0.717, 1.165) is 21.3 Å². The summed E-state index contributed by atoms with van der Waals surface area (Å²) in [5, 5.41) is 2.85. The minimum atomic E-state index is -3.47. The molecule has 1 aliphatic rings. The zero-order valence-corrected chi connectivity index (χ0v) is 17.6. The number of carbonyl (C=O) groups excluding carboxylic acids is 1. The summed E-state index contributed by atoms with van der Waals surface area (Å²) in [5.41, 5.74) is 4.45. The fourth-order valence-electron chi connectivity index (χ4n) is 3.54. The highest BCUT2D eigenvalue weighted by Crippen LogP contribution is 2.39. The van der Waals surface area contributed by atoms with Gasteiger partial charge in [0, 0.05) is 38.9 Å². The van der Waals surface area contributed by atoms with Crippen molar-refractivity contribution in [3.63, 3.8) is 0 Å². The molecule has 0 fully saturated rings. The van der Waals surface area contributed by atoms with E-state index in [0.29, 0.717) is 22.5 Å². The number of nitrogens with one attached hydrogen (secondary N) is 2. The molecule has 3 aromatic rings. The Balaban J connectivity index is 1.99. The molecule has 5 nitrogen and oxygen atoms in total. The lowest BCUT2D eigenvalue weighted by Gasteiger charge is -2.06. The predicted molar refractivity (Wildman–Crippen MR) is 115 cm³/mol. The van der Waals surface area contributed by atoms with Gasteiger partial charge in [-0.15, -0.1) is 0 Å². The van der Waals surface area contributed by atoms with Crippen LogP contribution in [-0.4, -0.2) is 25.6 Å². The molecule has 0 unspecified atom stereocenters. The molecule has 2 heterocycles. The number of aryl methyl sites for hydroxylation is 1. The maximum absolute atomic E-state index is 12.6. The number of carbonyl (C=O) groups is 1. The Morgan fingerprint density at radius 2 is 1.79 bits per heavy atom. The number of halogens is 1. The molecular formula is C21H17BrN2O3S. The van der Waals surface area contributed by atoms with Crippen LogP contribution in [0.2, 0.25) is 0 Å². The number of benzene rings is 2. The number of anilines is 1. The van der Waals surface area contributed by atoms with Gasteiger partial charge in [-0.1, -0.05) is 46.3 Å². The van der Waals surface area contributed by atoms with Crippen LogP contribution >= 0.6 is 15.9 Å². The van der Waals surface area contributed by atoms with Crippen LogP contribution in [0.5, 0.6) is 0 Å². The molecule has 0 spiro atoms. The minimum Gasteiger partial charge on any atom is -0.357 e. The molecule has 0 saturated heterocycles. The summed E-state index contributed by atoms with van der Waals surface area (Å²) >= 11 is 3.44. The second kappa shape index (κ2) is 6.76. The van der Waals surface area contributed by atoms with E-state index in [4.69, 9.17) is 0 Å². The molecular weight excluding hydrogens is 440 g/mol. The number of hydrogen-bond acceptors (Lipinski definition) is 3. The monoisotopic (exact) mass is 456 g/mol. The fraction of sp³-hybridized carbons (Fsp3) is 0.0952. The minimum absolute atomic E-state index is 0.222. The van der Waals surface area contributed by atoms with E-state index in [2.05, 4.69) is 26.2 Å². The summed E-state index contributed by atoms with van der Waals surface area (Å²) in [5.74, 6) is -0.222. The first-order valence-electron chi connectivity index (χ1n) is 8.56. The van der Waals surface area contributed by atoms with Gasteiger partial charge in [-0.05, 0) is 36.8 Å². The maximum Gasteiger partial charge on any atom is 0.256 e. The third-order valence-electron chi connectivity index (χ3n) is 4.65. The lowest BCUT2D eigenvalue weighted by atomic mass is 10.0. The zero-order chi connectivity index (χ0) is 20.1. The van der Waals surface area contributed by atoms with E-state index < -0.39 is 9.84 Å². The topological polar surface area (TPSA) is 79.0 Å². The Labute approximate surface area is 171 Å². The third kappa shape index (κ3) is 3.21. The van der Waals surface area contributed by atoms with Crippen molar-refractivity contribution < 1.29 is 13.2 Å². The van der Waals surface area contributed by atoms with Gasteiger partial charge in [-0.3, -0.25) is 4.79 Å². The standard InChI is InChI=1S/C21H17BrN2O3S/c1-12-20(28(2,26)27)19(13-6-4-3-5-7-13)18(23-12)11-16-15-10-14(22)8-9-17(15)24-21(16)25/h3-11,23H,1-2H3,(H,24,25). The molecule has 1 aliphatic heterocycles. The van der Waals surface area contributed by atoms with E-state index in [1.807, 2.05) is 48.5 Å². The van der Waals surface area contributed by atoms with Crippen LogP contribution in [0.25, 0.3) is 22.8 Å². The van der Waals surface area contributed by atoms with E-state index >= 15 is 0 Å². The summed E-state index contributed by atoms with van der Waals surface area (Å²) in [6.45, 7) is 1.73. The van der Waals surface area contributed by atoms with Crippen molar-refractivity contribution >= 4 is 49.0 Å². The molecule has 1 aromatic heterocycles. The molecule has 0 bridgehead atoms. The summed E-state index contributed by atoms with van der Waals surface area (Å²) in [4.78, 5) is 16.0. The van der Waals surface area contributed by atoms with Gasteiger partial charge in [0.05, 0.1) is 10.5 Å². The van der Waals surface area contributed by atoms with Crippen LogP contribution in [0.1, 0.15) is 17.0 Å². The lowest BCUT2D eigenvalue weighted by molar-refractivity contribution is -0.110. The SMILES string of the molecule is Cc1[nH]c(C=C2C(=O)Nc3ccc(Br)cc32)c(-c2ccccc2)c1S(C)(=O)=O. The largest absolute Gasteiger partial charge is 0.357 e. The highest BCUT2D eigenvalue weighted by molar-refractivity contribution is 9.10. The number of hydrogen-bond donors (Lipinski definition) is 2. The van der Waals surface area contributed by atoms with Gasteiger partial charge in [0.2, 0.25) is 0 Å². The first-order chi connectivity index (χ1) is 13.3. The molecule has 28 heavy (non-hydrogen) atoms. The van der Waals surface area contributed by atoms with Crippen molar-refractivity contribution in [2.75, 3.05) is 11.6 Å². The lowest BCUT2D eigenvalue weighted by Crippen LogP contribution is -2.03. The Morgan fingerprint density at radius 3 is 2.46 bits per heavy atom. The average Bonchev–Trinajstić information content (AvgIpc) is 3.13. The van der Waals surface area contributed by atoms with Crippen molar-refractivity contribution in [1.29, 1.82) is 0 Å². The van der Waals surface area contributed by atoms with Crippen molar-refractivity contribution in [2.45, 2.75) is 11.8 Å². The number of aromatic amines is 1. The summed E-state index contributed by atoms with van der Waals surface area (Å²) < 4.78 is 25.8. The van der Waals surface area contributed by atoms with Gasteiger partial charge in [-0.25, -0.2) is 8.42 Å².